The molecule has 384 valence electrons. The maximum absolute atomic E-state index is 2.74. The van der Waals surface area contributed by atoms with E-state index in [1.807, 2.05) is 11.3 Å². The molecule has 7 aromatic rings. The van der Waals surface area contributed by atoms with E-state index in [4.69, 9.17) is 0 Å². The summed E-state index contributed by atoms with van der Waals surface area (Å²) < 4.78 is 2.81. The second kappa shape index (κ2) is 16.2. The zero-order chi connectivity index (χ0) is 53.4. The Balaban J connectivity index is 1.28. The lowest BCUT2D eigenvalue weighted by atomic mass is 9.36. The van der Waals surface area contributed by atoms with Crippen LogP contribution >= 0.6 is 11.3 Å². The van der Waals surface area contributed by atoms with Crippen molar-refractivity contribution in [1.29, 1.82) is 0 Å². The maximum Gasteiger partial charge on any atom is 0.264 e. The van der Waals surface area contributed by atoms with E-state index >= 15 is 0 Å². The summed E-state index contributed by atoms with van der Waals surface area (Å²) in [6.07, 6.45) is 4.75. The Kier molecular flexibility index (Phi) is 11.2. The first-order valence-corrected chi connectivity index (χ1v) is 28.9. The molecule has 6 aromatic carbocycles. The third-order valence-electron chi connectivity index (χ3n) is 18.6. The van der Waals surface area contributed by atoms with Gasteiger partial charge in [0.1, 0.15) is 0 Å². The summed E-state index contributed by atoms with van der Waals surface area (Å²) in [5.74, 6) is 0. The summed E-state index contributed by atoms with van der Waals surface area (Å²) >= 11 is 2.04. The van der Waals surface area contributed by atoms with Crippen LogP contribution in [0.25, 0.3) is 21.2 Å². The number of rotatable bonds is 3. The minimum absolute atomic E-state index is 0.0246. The molecule has 74 heavy (non-hydrogen) atoms. The van der Waals surface area contributed by atoms with E-state index in [1.54, 1.807) is 0 Å². The molecule has 2 aliphatic heterocycles. The lowest BCUT2D eigenvalue weighted by Crippen LogP contribution is -2.60. The highest BCUT2D eigenvalue weighted by molar-refractivity contribution is 7.33. The van der Waals surface area contributed by atoms with Crippen molar-refractivity contribution in [3.63, 3.8) is 0 Å². The van der Waals surface area contributed by atoms with Crippen LogP contribution in [0.4, 0.5) is 34.1 Å². The van der Waals surface area contributed by atoms with Crippen molar-refractivity contribution >= 4 is 78.0 Å². The number of fused-ring (bicyclic) bond motifs is 8. The van der Waals surface area contributed by atoms with Gasteiger partial charge in [0.2, 0.25) is 0 Å². The average Bonchev–Trinajstić information content (AvgIpc) is 3.69. The van der Waals surface area contributed by atoms with Crippen LogP contribution in [0.2, 0.25) is 0 Å². The van der Waals surface area contributed by atoms with E-state index in [1.165, 1.54) is 141 Å². The van der Waals surface area contributed by atoms with Gasteiger partial charge in [-0.3, -0.25) is 0 Å². The standard InChI is InChI=1S/C70H85BN2S/c1-63(2,3)43-23-29-55(49(36-43)42-21-27-50-52(35-42)69(17,18)33-31-67(50,13)14)73-56-30-24-44(64(4,5)6)37-54(56)71-60-57(38-46(39-58(60)73)66(10,11)12)72(47-25-28-51-53(41-47)70(19,20)34-32-68(51,15)16)61-48-26-22-45(65(7,8)9)40-59(48)74-62(61)71/h21-30,35-41H,31-34H2,1-20H3. The molecule has 0 saturated heterocycles. The monoisotopic (exact) mass is 997 g/mol. The van der Waals surface area contributed by atoms with Gasteiger partial charge < -0.3 is 9.80 Å². The van der Waals surface area contributed by atoms with Crippen molar-refractivity contribution in [2.75, 3.05) is 9.80 Å². The lowest BCUT2D eigenvalue weighted by Gasteiger charge is -2.46. The van der Waals surface area contributed by atoms with Crippen LogP contribution < -0.4 is 25.5 Å². The topological polar surface area (TPSA) is 6.48 Å². The Labute approximate surface area is 451 Å². The van der Waals surface area contributed by atoms with Gasteiger partial charge in [0.05, 0.1) is 11.4 Å². The van der Waals surface area contributed by atoms with E-state index in [2.05, 4.69) is 251 Å². The zero-order valence-electron chi connectivity index (χ0n) is 49.0. The summed E-state index contributed by atoms with van der Waals surface area (Å²) in [5.41, 5.74) is 24.8. The molecule has 0 radical (unpaired) electrons. The number of hydrogen-bond acceptors (Lipinski definition) is 3. The van der Waals surface area contributed by atoms with Gasteiger partial charge >= 0.3 is 0 Å². The maximum atomic E-state index is 2.74. The van der Waals surface area contributed by atoms with Crippen molar-refractivity contribution in [2.24, 2.45) is 0 Å². The van der Waals surface area contributed by atoms with Crippen LogP contribution in [0, 0.1) is 0 Å². The fourth-order valence-electron chi connectivity index (χ4n) is 13.3. The normalized spacial score (nSPS) is 18.4. The van der Waals surface area contributed by atoms with Crippen LogP contribution in [0.5, 0.6) is 0 Å². The van der Waals surface area contributed by atoms with Crippen molar-refractivity contribution in [1.82, 2.24) is 0 Å². The Morgan fingerprint density at radius 2 is 0.892 bits per heavy atom. The minimum atomic E-state index is -0.134. The molecule has 4 heteroatoms. The van der Waals surface area contributed by atoms with Crippen LogP contribution in [-0.2, 0) is 43.3 Å². The van der Waals surface area contributed by atoms with Crippen LogP contribution in [-0.4, -0.2) is 6.71 Å². The lowest BCUT2D eigenvalue weighted by molar-refractivity contribution is 0.332. The number of thiophene rings is 1. The summed E-state index contributed by atoms with van der Waals surface area (Å²) in [6.45, 7) is 48.3. The number of nitrogens with zero attached hydrogens (tertiary/aromatic N) is 2. The Hall–Kier alpha value is -5.06. The first-order valence-electron chi connectivity index (χ1n) is 28.1. The fourth-order valence-corrected chi connectivity index (χ4v) is 14.6. The first-order chi connectivity index (χ1) is 34.2. The molecule has 0 N–H and O–H groups in total. The van der Waals surface area contributed by atoms with E-state index in [-0.39, 0.29) is 50.0 Å². The molecule has 0 saturated carbocycles. The van der Waals surface area contributed by atoms with Gasteiger partial charge in [0.15, 0.2) is 0 Å². The highest BCUT2D eigenvalue weighted by atomic mass is 32.1. The molecule has 0 amide bonds. The molecule has 11 rings (SSSR count). The number of hydrogen-bond donors (Lipinski definition) is 0. The molecule has 1 aromatic heterocycles. The van der Waals surface area contributed by atoms with Crippen LogP contribution in [0.15, 0.2) is 103 Å². The summed E-state index contributed by atoms with van der Waals surface area (Å²) in [6, 6.07) is 42.7. The van der Waals surface area contributed by atoms with Gasteiger partial charge in [-0.05, 0) is 179 Å². The molecule has 2 aliphatic carbocycles. The Bertz CT molecular complexity index is 3450. The molecular formula is C70H85BN2S. The van der Waals surface area contributed by atoms with Crippen LogP contribution in [0.1, 0.15) is 209 Å². The quantitative estimate of drug-likeness (QED) is 0.163. The smallest absolute Gasteiger partial charge is 0.264 e. The zero-order valence-corrected chi connectivity index (χ0v) is 49.8. The van der Waals surface area contributed by atoms with Gasteiger partial charge in [0, 0.05) is 43.2 Å². The van der Waals surface area contributed by atoms with Gasteiger partial charge in [0.25, 0.3) is 6.71 Å². The van der Waals surface area contributed by atoms with Gasteiger partial charge in [-0.1, -0.05) is 193 Å². The van der Waals surface area contributed by atoms with Crippen LogP contribution in [0.3, 0.4) is 0 Å². The second-order valence-corrected chi connectivity index (χ2v) is 31.2. The molecule has 0 bridgehead atoms. The molecular weight excluding hydrogens is 912 g/mol. The third kappa shape index (κ3) is 8.07. The molecule has 0 spiro atoms. The second-order valence-electron chi connectivity index (χ2n) is 30.1. The highest BCUT2D eigenvalue weighted by Gasteiger charge is 2.48. The van der Waals surface area contributed by atoms with Gasteiger partial charge in [-0.2, -0.15) is 0 Å². The molecule has 0 fully saturated rings. The molecule has 2 nitrogen and oxygen atoms in total. The third-order valence-corrected chi connectivity index (χ3v) is 19.8. The Morgan fingerprint density at radius 1 is 0.419 bits per heavy atom. The average molecular weight is 997 g/mol. The molecule has 0 unspecified atom stereocenters. The van der Waals surface area contributed by atoms with E-state index in [9.17, 15) is 0 Å². The predicted octanol–water partition coefficient (Wildman–Crippen LogP) is 18.5. The minimum Gasteiger partial charge on any atom is -0.311 e. The highest BCUT2D eigenvalue weighted by Crippen LogP contribution is 2.55. The van der Waals surface area contributed by atoms with Crippen molar-refractivity contribution in [3.8, 4) is 11.1 Å². The fraction of sp³-hybridized carbons (Fsp3) is 0.457. The molecule has 0 atom stereocenters. The van der Waals surface area contributed by atoms with Crippen molar-refractivity contribution < 1.29 is 0 Å². The predicted molar refractivity (Wildman–Crippen MR) is 327 cm³/mol. The van der Waals surface area contributed by atoms with Crippen molar-refractivity contribution in [2.45, 2.75) is 207 Å². The number of anilines is 6. The summed E-state index contributed by atoms with van der Waals surface area (Å²) in [5, 5.41) is 1.35. The SMILES string of the molecule is CC(C)(C)c1ccc2c(c1)B1c3sc4cc(C(C)(C)C)ccc4c3N(c3ccc4c(c3)C(C)(C)CCC4(C)C)c3cc(C(C)(C)C)cc(c31)N2c1ccc(C(C)(C)C)cc1-c1ccc2c(c1)C(C)(C)CCC2(C)C. The summed E-state index contributed by atoms with van der Waals surface area (Å²) in [7, 11) is 0. The molecule has 3 heterocycles. The van der Waals surface area contributed by atoms with E-state index < -0.39 is 0 Å². The summed E-state index contributed by atoms with van der Waals surface area (Å²) in [4.78, 5) is 5.45. The largest absolute Gasteiger partial charge is 0.311 e. The molecule has 4 aliphatic rings. The van der Waals surface area contributed by atoms with Gasteiger partial charge in [-0.15, -0.1) is 11.3 Å². The Morgan fingerprint density at radius 3 is 1.46 bits per heavy atom. The van der Waals surface area contributed by atoms with E-state index in [0.717, 1.165) is 0 Å². The van der Waals surface area contributed by atoms with Gasteiger partial charge in [-0.25, -0.2) is 0 Å². The number of benzene rings is 6. The van der Waals surface area contributed by atoms with Crippen molar-refractivity contribution in [3.05, 3.63) is 148 Å². The first kappa shape index (κ1) is 51.1. The van der Waals surface area contributed by atoms with E-state index in [0.29, 0.717) is 0 Å².